The summed E-state index contributed by atoms with van der Waals surface area (Å²) in [4.78, 5) is 13.9. The SMILES string of the molecule is COc1cc(-c2ccc(C)cn2)ccc1-c1ccccc1-c1cc(-c2ccccc2-c2ccc(-c3ccccn3)cc2)cc(-c2ccccc2-c2ccc(-c3ccccn3)cc2)c1. The number of hydrogen-bond donors (Lipinski definition) is 0. The average molecular weight is 810 g/mol. The maximum Gasteiger partial charge on any atom is 0.127 e. The van der Waals surface area contributed by atoms with Crippen LogP contribution in [0.2, 0.25) is 0 Å². The Morgan fingerprint density at radius 1 is 0.302 bits per heavy atom. The van der Waals surface area contributed by atoms with Crippen LogP contribution >= 0.6 is 0 Å². The van der Waals surface area contributed by atoms with Crippen molar-refractivity contribution in [3.63, 3.8) is 0 Å². The fourth-order valence-corrected chi connectivity index (χ4v) is 8.46. The normalized spacial score (nSPS) is 11.0. The highest BCUT2D eigenvalue weighted by atomic mass is 16.5. The largest absolute Gasteiger partial charge is 0.496 e. The molecule has 0 radical (unpaired) electrons. The first-order chi connectivity index (χ1) is 31.1. The van der Waals surface area contributed by atoms with Crippen molar-refractivity contribution in [1.29, 1.82) is 0 Å². The van der Waals surface area contributed by atoms with E-state index in [1.54, 1.807) is 7.11 Å². The molecule has 4 heteroatoms. The van der Waals surface area contributed by atoms with E-state index in [2.05, 4.69) is 187 Å². The van der Waals surface area contributed by atoms with Crippen molar-refractivity contribution in [2.45, 2.75) is 6.92 Å². The second-order valence-corrected chi connectivity index (χ2v) is 15.7. The van der Waals surface area contributed by atoms with E-state index in [0.29, 0.717) is 0 Å². The molecule has 0 fully saturated rings. The molecule has 10 rings (SSSR count). The van der Waals surface area contributed by atoms with Gasteiger partial charge in [-0.25, -0.2) is 0 Å². The van der Waals surface area contributed by atoms with Crippen LogP contribution in [0.3, 0.4) is 0 Å². The van der Waals surface area contributed by atoms with Crippen molar-refractivity contribution in [3.05, 3.63) is 230 Å². The van der Waals surface area contributed by atoms with E-state index in [1.165, 1.54) is 0 Å². The molecule has 0 unspecified atom stereocenters. The third-order valence-corrected chi connectivity index (χ3v) is 11.7. The molecule has 0 saturated heterocycles. The number of ether oxygens (including phenoxy) is 1. The van der Waals surface area contributed by atoms with E-state index in [1.807, 2.05) is 55.0 Å². The topological polar surface area (TPSA) is 47.9 Å². The molecule has 0 saturated carbocycles. The van der Waals surface area contributed by atoms with Gasteiger partial charge in [0.1, 0.15) is 5.75 Å². The molecule has 0 atom stereocenters. The van der Waals surface area contributed by atoms with E-state index >= 15 is 0 Å². The van der Waals surface area contributed by atoms with E-state index in [-0.39, 0.29) is 0 Å². The number of aryl methyl sites for hydroxylation is 1. The van der Waals surface area contributed by atoms with Gasteiger partial charge in [-0.15, -0.1) is 0 Å². The zero-order valence-electron chi connectivity index (χ0n) is 35.1. The van der Waals surface area contributed by atoms with Gasteiger partial charge in [0.15, 0.2) is 0 Å². The predicted octanol–water partition coefficient (Wildman–Crippen LogP) is 15.2. The zero-order chi connectivity index (χ0) is 42.5. The summed E-state index contributed by atoms with van der Waals surface area (Å²) in [5.41, 5.74) is 20.5. The predicted molar refractivity (Wildman–Crippen MR) is 260 cm³/mol. The van der Waals surface area contributed by atoms with Crippen LogP contribution in [-0.4, -0.2) is 22.1 Å². The Balaban J connectivity index is 1.13. The summed E-state index contributed by atoms with van der Waals surface area (Å²) in [6.07, 6.45) is 5.58. The Bertz CT molecular complexity index is 3030. The monoisotopic (exact) mass is 809 g/mol. The molecule has 0 spiro atoms. The summed E-state index contributed by atoms with van der Waals surface area (Å²) in [6.45, 7) is 2.05. The summed E-state index contributed by atoms with van der Waals surface area (Å²) >= 11 is 0. The van der Waals surface area contributed by atoms with Crippen LogP contribution in [0, 0.1) is 6.92 Å². The first-order valence-electron chi connectivity index (χ1n) is 21.2. The molecule has 3 heterocycles. The second-order valence-electron chi connectivity index (χ2n) is 15.7. The number of nitrogens with zero attached hydrogens (tertiary/aromatic N) is 3. The molecule has 3 aromatic heterocycles. The highest BCUT2D eigenvalue weighted by molar-refractivity contribution is 5.95. The van der Waals surface area contributed by atoms with Crippen LogP contribution in [-0.2, 0) is 0 Å². The van der Waals surface area contributed by atoms with Gasteiger partial charge < -0.3 is 4.74 Å². The summed E-state index contributed by atoms with van der Waals surface area (Å²) in [5, 5.41) is 0. The van der Waals surface area contributed by atoms with Crippen molar-refractivity contribution < 1.29 is 4.74 Å². The number of rotatable bonds is 10. The smallest absolute Gasteiger partial charge is 0.127 e. The Labute approximate surface area is 368 Å². The molecule has 10 aromatic rings. The van der Waals surface area contributed by atoms with Gasteiger partial charge in [0.2, 0.25) is 0 Å². The first-order valence-corrected chi connectivity index (χ1v) is 21.2. The minimum absolute atomic E-state index is 0.790. The van der Waals surface area contributed by atoms with Gasteiger partial charge in [0, 0.05) is 40.8 Å². The van der Waals surface area contributed by atoms with Crippen LogP contribution in [0.4, 0.5) is 0 Å². The van der Waals surface area contributed by atoms with Crippen LogP contribution in [0.25, 0.3) is 101 Å². The minimum atomic E-state index is 0.790. The molecule has 0 aliphatic carbocycles. The molecular formula is C59H43N3O. The third kappa shape index (κ3) is 8.06. The lowest BCUT2D eigenvalue weighted by molar-refractivity contribution is 0.416. The van der Waals surface area contributed by atoms with E-state index in [0.717, 1.165) is 112 Å². The Morgan fingerprint density at radius 3 is 1.13 bits per heavy atom. The van der Waals surface area contributed by atoms with Gasteiger partial charge >= 0.3 is 0 Å². The van der Waals surface area contributed by atoms with Crippen LogP contribution < -0.4 is 4.74 Å². The standard InChI is InChI=1S/C59H43N3O/c1-40-21-32-58(62-39-40)45-30-31-55(59(38-45)63-2)54-18-8-7-17-53(54)48-36-46(51-15-5-3-13-49(51)41-22-26-43(27-23-41)56-19-9-11-33-60-56)35-47(37-48)52-16-6-4-14-50(52)42-24-28-44(29-25-42)57-20-10-12-34-61-57/h3-39H,1-2H3. The third-order valence-electron chi connectivity index (χ3n) is 11.7. The van der Waals surface area contributed by atoms with Crippen molar-refractivity contribution >= 4 is 0 Å². The lowest BCUT2D eigenvalue weighted by atomic mass is 9.86. The van der Waals surface area contributed by atoms with Crippen molar-refractivity contribution in [2.75, 3.05) is 7.11 Å². The van der Waals surface area contributed by atoms with Crippen molar-refractivity contribution in [1.82, 2.24) is 15.0 Å². The zero-order valence-corrected chi connectivity index (χ0v) is 35.1. The van der Waals surface area contributed by atoms with Crippen molar-refractivity contribution in [3.8, 4) is 106 Å². The van der Waals surface area contributed by atoms with Gasteiger partial charge in [-0.3, -0.25) is 15.0 Å². The molecule has 63 heavy (non-hydrogen) atoms. The molecule has 0 aliphatic heterocycles. The summed E-state index contributed by atoms with van der Waals surface area (Å²) in [6, 6.07) is 73.1. The fraction of sp³-hybridized carbons (Fsp3) is 0.0339. The second kappa shape index (κ2) is 17.4. The van der Waals surface area contributed by atoms with E-state index < -0.39 is 0 Å². The van der Waals surface area contributed by atoms with E-state index in [4.69, 9.17) is 9.72 Å². The molecule has 300 valence electrons. The summed E-state index contributed by atoms with van der Waals surface area (Å²) in [5.74, 6) is 0.790. The van der Waals surface area contributed by atoms with Gasteiger partial charge in [-0.05, 0) is 134 Å². The first kappa shape index (κ1) is 39.0. The number of methoxy groups -OCH3 is 1. The van der Waals surface area contributed by atoms with Crippen LogP contribution in [0.1, 0.15) is 5.56 Å². The van der Waals surface area contributed by atoms with Gasteiger partial charge in [0.25, 0.3) is 0 Å². The fourth-order valence-electron chi connectivity index (χ4n) is 8.46. The highest BCUT2D eigenvalue weighted by Gasteiger charge is 2.18. The number of hydrogen-bond acceptors (Lipinski definition) is 4. The van der Waals surface area contributed by atoms with E-state index in [9.17, 15) is 0 Å². The number of pyridine rings is 3. The minimum Gasteiger partial charge on any atom is -0.496 e. The quantitative estimate of drug-likeness (QED) is 0.138. The Hall–Kier alpha value is -8.21. The average Bonchev–Trinajstić information content (AvgIpc) is 3.37. The van der Waals surface area contributed by atoms with Gasteiger partial charge in [-0.2, -0.15) is 0 Å². The Morgan fingerprint density at radius 2 is 0.698 bits per heavy atom. The Kier molecular flexibility index (Phi) is 10.8. The van der Waals surface area contributed by atoms with Crippen molar-refractivity contribution in [2.24, 2.45) is 0 Å². The molecular weight excluding hydrogens is 767 g/mol. The molecule has 0 N–H and O–H groups in total. The molecule has 0 amide bonds. The maximum atomic E-state index is 6.13. The van der Waals surface area contributed by atoms with Gasteiger partial charge in [0.05, 0.1) is 24.2 Å². The lowest BCUT2D eigenvalue weighted by Crippen LogP contribution is -1.94. The number of aromatic nitrogens is 3. The molecule has 4 nitrogen and oxygen atoms in total. The molecule has 7 aromatic carbocycles. The van der Waals surface area contributed by atoms with Crippen LogP contribution in [0.15, 0.2) is 225 Å². The summed E-state index contributed by atoms with van der Waals surface area (Å²) in [7, 11) is 1.74. The summed E-state index contributed by atoms with van der Waals surface area (Å²) < 4.78 is 6.13. The van der Waals surface area contributed by atoms with Gasteiger partial charge in [-0.1, -0.05) is 146 Å². The highest BCUT2D eigenvalue weighted by Crippen LogP contribution is 2.44. The lowest BCUT2D eigenvalue weighted by Gasteiger charge is -2.19. The molecule has 0 bridgehead atoms. The number of benzene rings is 7. The molecule has 0 aliphatic rings. The maximum absolute atomic E-state index is 6.13. The van der Waals surface area contributed by atoms with Crippen LogP contribution in [0.5, 0.6) is 5.75 Å².